The number of rotatable bonds is 1. The van der Waals surface area contributed by atoms with E-state index in [1.54, 1.807) is 0 Å². The van der Waals surface area contributed by atoms with Crippen LogP contribution >= 0.6 is 0 Å². The average Bonchev–Trinajstić information content (AvgIpc) is 2.79. The van der Waals surface area contributed by atoms with Gasteiger partial charge in [0, 0.05) is 11.3 Å². The Morgan fingerprint density at radius 1 is 1.38 bits per heavy atom. The molecule has 3 aliphatic carbocycles. The molecule has 2 saturated carbocycles. The van der Waals surface area contributed by atoms with Crippen molar-refractivity contribution >= 4 is 17.3 Å². The fraction of sp³-hybridized carbons (Fsp3) is 0.615. The summed E-state index contributed by atoms with van der Waals surface area (Å²) < 4.78 is 0. The Bertz CT molecular complexity index is 448. The molecule has 5 atom stereocenters. The zero-order valence-corrected chi connectivity index (χ0v) is 9.40. The molecular weight excluding hydrogens is 204 g/mol. The van der Waals surface area contributed by atoms with E-state index in [1.165, 1.54) is 6.92 Å². The standard InChI is InChI=1S/C13H14O3/c1-6(14)9-11(15)10-7-3-4-8(5-7)13(10,2)12(9)16/h3-4,7-10H,5H2,1-2H3/t7?,8?,9?,10-,13-/m0/s1. The predicted molar refractivity (Wildman–Crippen MR) is 56.5 cm³/mol. The van der Waals surface area contributed by atoms with Gasteiger partial charge in [0.1, 0.15) is 11.7 Å². The first-order valence-electron chi connectivity index (χ1n) is 5.74. The molecule has 0 amide bonds. The fourth-order valence-electron chi connectivity index (χ4n) is 3.94. The van der Waals surface area contributed by atoms with Crippen LogP contribution in [0.3, 0.4) is 0 Å². The highest BCUT2D eigenvalue weighted by Gasteiger charge is 2.68. The van der Waals surface area contributed by atoms with Crippen molar-refractivity contribution in [2.75, 3.05) is 0 Å². The van der Waals surface area contributed by atoms with Crippen LogP contribution in [0.25, 0.3) is 0 Å². The van der Waals surface area contributed by atoms with Crippen molar-refractivity contribution in [3.05, 3.63) is 12.2 Å². The van der Waals surface area contributed by atoms with Gasteiger partial charge in [0.25, 0.3) is 0 Å². The summed E-state index contributed by atoms with van der Waals surface area (Å²) in [6.07, 6.45) is 5.00. The van der Waals surface area contributed by atoms with Gasteiger partial charge >= 0.3 is 0 Å². The Morgan fingerprint density at radius 3 is 2.62 bits per heavy atom. The predicted octanol–water partition coefficient (Wildman–Crippen LogP) is 1.17. The van der Waals surface area contributed by atoms with Gasteiger partial charge in [-0.25, -0.2) is 0 Å². The normalized spacial score (nSPS) is 48.9. The summed E-state index contributed by atoms with van der Waals surface area (Å²) in [4.78, 5) is 35.8. The molecule has 0 aromatic heterocycles. The number of ketones is 3. The third kappa shape index (κ3) is 0.841. The molecule has 0 aromatic carbocycles. The summed E-state index contributed by atoms with van der Waals surface area (Å²) in [6.45, 7) is 3.22. The molecular formula is C13H14O3. The Morgan fingerprint density at radius 2 is 2.06 bits per heavy atom. The molecule has 3 rings (SSSR count). The van der Waals surface area contributed by atoms with Gasteiger partial charge in [0.2, 0.25) is 0 Å². The minimum atomic E-state index is -0.972. The Labute approximate surface area is 93.9 Å². The lowest BCUT2D eigenvalue weighted by Gasteiger charge is -2.29. The van der Waals surface area contributed by atoms with E-state index < -0.39 is 11.3 Å². The van der Waals surface area contributed by atoms with Crippen LogP contribution in [0.1, 0.15) is 20.3 Å². The number of carbonyl (C=O) groups is 3. The molecule has 2 fully saturated rings. The molecule has 0 saturated heterocycles. The monoisotopic (exact) mass is 218 g/mol. The summed E-state index contributed by atoms with van der Waals surface area (Å²) in [5, 5.41) is 0. The van der Waals surface area contributed by atoms with E-state index in [-0.39, 0.29) is 35.1 Å². The first-order valence-corrected chi connectivity index (χ1v) is 5.74. The second-order valence-corrected chi connectivity index (χ2v) is 5.46. The van der Waals surface area contributed by atoms with Crippen LogP contribution in [0.15, 0.2) is 12.2 Å². The van der Waals surface area contributed by atoms with E-state index in [0.29, 0.717) is 0 Å². The fourth-order valence-corrected chi connectivity index (χ4v) is 3.94. The summed E-state index contributed by atoms with van der Waals surface area (Å²) >= 11 is 0. The molecule has 0 N–H and O–H groups in total. The molecule has 2 bridgehead atoms. The topological polar surface area (TPSA) is 51.2 Å². The minimum absolute atomic E-state index is 0.128. The molecule has 0 aromatic rings. The van der Waals surface area contributed by atoms with E-state index in [2.05, 4.69) is 6.08 Å². The number of Topliss-reactive ketones (excluding diaryl/α,β-unsaturated/α-hetero) is 3. The van der Waals surface area contributed by atoms with Gasteiger partial charge < -0.3 is 0 Å². The third-order valence-electron chi connectivity index (χ3n) is 4.75. The maximum atomic E-state index is 12.3. The van der Waals surface area contributed by atoms with Crippen molar-refractivity contribution in [3.8, 4) is 0 Å². The average molecular weight is 218 g/mol. The van der Waals surface area contributed by atoms with E-state index >= 15 is 0 Å². The highest BCUT2D eigenvalue weighted by Crippen LogP contribution is 2.61. The number of hydrogen-bond donors (Lipinski definition) is 0. The van der Waals surface area contributed by atoms with Crippen molar-refractivity contribution in [1.82, 2.24) is 0 Å². The van der Waals surface area contributed by atoms with Gasteiger partial charge in [-0.3, -0.25) is 14.4 Å². The van der Waals surface area contributed by atoms with Gasteiger partial charge in [-0.2, -0.15) is 0 Å². The lowest BCUT2D eigenvalue weighted by Crippen LogP contribution is -2.35. The van der Waals surface area contributed by atoms with Crippen LogP contribution in [0.5, 0.6) is 0 Å². The molecule has 16 heavy (non-hydrogen) atoms. The van der Waals surface area contributed by atoms with Crippen LogP contribution in [-0.2, 0) is 14.4 Å². The quantitative estimate of drug-likeness (QED) is 0.490. The zero-order valence-electron chi connectivity index (χ0n) is 9.40. The summed E-state index contributed by atoms with van der Waals surface area (Å²) in [7, 11) is 0. The molecule has 3 nitrogen and oxygen atoms in total. The molecule has 0 radical (unpaired) electrons. The molecule has 0 heterocycles. The number of carbonyl (C=O) groups excluding carboxylic acids is 3. The summed E-state index contributed by atoms with van der Waals surface area (Å²) in [5.41, 5.74) is -0.590. The summed E-state index contributed by atoms with van der Waals surface area (Å²) in [5.74, 6) is -1.39. The van der Waals surface area contributed by atoms with Crippen molar-refractivity contribution in [1.29, 1.82) is 0 Å². The number of allylic oxidation sites excluding steroid dienone is 2. The Hall–Kier alpha value is -1.25. The second kappa shape index (κ2) is 2.70. The maximum Gasteiger partial charge on any atom is 0.157 e. The minimum Gasteiger partial charge on any atom is -0.299 e. The van der Waals surface area contributed by atoms with Crippen molar-refractivity contribution in [2.45, 2.75) is 20.3 Å². The van der Waals surface area contributed by atoms with Gasteiger partial charge in [0.05, 0.1) is 0 Å². The Balaban J connectivity index is 2.12. The lowest BCUT2D eigenvalue weighted by molar-refractivity contribution is -0.137. The highest BCUT2D eigenvalue weighted by atomic mass is 16.2. The van der Waals surface area contributed by atoms with Crippen molar-refractivity contribution in [2.24, 2.45) is 29.1 Å². The second-order valence-electron chi connectivity index (χ2n) is 5.46. The smallest absolute Gasteiger partial charge is 0.157 e. The first kappa shape index (κ1) is 9.94. The van der Waals surface area contributed by atoms with E-state index in [9.17, 15) is 14.4 Å². The molecule has 84 valence electrons. The third-order valence-corrected chi connectivity index (χ3v) is 4.75. The molecule has 3 heteroatoms. The maximum absolute atomic E-state index is 12.3. The summed E-state index contributed by atoms with van der Waals surface area (Å²) in [6, 6.07) is 0. The van der Waals surface area contributed by atoms with Crippen LogP contribution in [0.2, 0.25) is 0 Å². The molecule has 0 spiro atoms. The lowest BCUT2D eigenvalue weighted by atomic mass is 9.71. The first-order chi connectivity index (χ1) is 7.48. The van der Waals surface area contributed by atoms with Crippen LogP contribution in [0, 0.1) is 29.1 Å². The van der Waals surface area contributed by atoms with Crippen molar-refractivity contribution in [3.63, 3.8) is 0 Å². The van der Waals surface area contributed by atoms with Crippen LogP contribution in [0.4, 0.5) is 0 Å². The van der Waals surface area contributed by atoms with E-state index in [0.717, 1.165) is 6.42 Å². The van der Waals surface area contributed by atoms with Gasteiger partial charge in [-0.15, -0.1) is 0 Å². The van der Waals surface area contributed by atoms with E-state index in [4.69, 9.17) is 0 Å². The molecule has 0 aliphatic heterocycles. The highest BCUT2D eigenvalue weighted by molar-refractivity contribution is 6.26. The number of fused-ring (bicyclic) bond motifs is 5. The van der Waals surface area contributed by atoms with Gasteiger partial charge in [0.15, 0.2) is 11.6 Å². The molecule has 3 unspecified atom stereocenters. The largest absolute Gasteiger partial charge is 0.299 e. The molecule has 3 aliphatic rings. The van der Waals surface area contributed by atoms with Gasteiger partial charge in [-0.1, -0.05) is 19.1 Å². The van der Waals surface area contributed by atoms with Crippen molar-refractivity contribution < 1.29 is 14.4 Å². The zero-order chi connectivity index (χ0) is 11.7. The van der Waals surface area contributed by atoms with Crippen LogP contribution in [-0.4, -0.2) is 17.3 Å². The Kier molecular flexibility index (Phi) is 1.68. The van der Waals surface area contributed by atoms with Crippen LogP contribution < -0.4 is 0 Å². The van der Waals surface area contributed by atoms with E-state index in [1.807, 2.05) is 13.0 Å². The van der Waals surface area contributed by atoms with Gasteiger partial charge in [-0.05, 0) is 25.2 Å². The number of hydrogen-bond acceptors (Lipinski definition) is 3. The SMILES string of the molecule is CC(=O)C1C(=O)[C@@H]2C3C=CC(C3)[C@]2(C)C1=O.